The number of piperazine rings is 1. The smallest absolute Gasteiger partial charge is 0.405 e. The summed E-state index contributed by atoms with van der Waals surface area (Å²) in [4.78, 5) is 36.2. The molecule has 0 spiro atoms. The summed E-state index contributed by atoms with van der Waals surface area (Å²) in [5.74, 6) is -1.31. The molecule has 15 heteroatoms. The van der Waals surface area contributed by atoms with Crippen LogP contribution in [0.5, 0.6) is 5.75 Å². The molecule has 4 aliphatic rings. The van der Waals surface area contributed by atoms with E-state index in [0.717, 1.165) is 5.56 Å². The summed E-state index contributed by atoms with van der Waals surface area (Å²) in [7, 11) is 0. The Balaban J connectivity index is 1.14. The van der Waals surface area contributed by atoms with Crippen LogP contribution in [0.15, 0.2) is 71.3 Å². The molecule has 1 fully saturated rings. The Labute approximate surface area is 291 Å². The third kappa shape index (κ3) is 9.38. The first-order chi connectivity index (χ1) is 23.5. The van der Waals surface area contributed by atoms with E-state index in [1.807, 2.05) is 11.4 Å². The molecule has 0 radical (unpaired) electrons. The van der Waals surface area contributed by atoms with Gasteiger partial charge in [0.2, 0.25) is 11.8 Å². The van der Waals surface area contributed by atoms with Crippen LogP contribution in [0.2, 0.25) is 0 Å². The molecule has 0 aliphatic carbocycles. The number of nitrogens with zero attached hydrogens (tertiary/aromatic N) is 3. The van der Waals surface area contributed by atoms with Crippen LogP contribution >= 0.6 is 23.5 Å². The number of amides is 2. The number of carbonyl (C=O) groups is 2. The third-order valence-electron chi connectivity index (χ3n) is 9.11. The van der Waals surface area contributed by atoms with Gasteiger partial charge in [-0.15, -0.1) is 23.5 Å². The van der Waals surface area contributed by atoms with Crippen LogP contribution in [0.25, 0.3) is 0 Å². The van der Waals surface area contributed by atoms with Crippen molar-refractivity contribution in [2.24, 2.45) is 5.92 Å². The van der Waals surface area contributed by atoms with Gasteiger partial charge >= 0.3 is 6.18 Å². The van der Waals surface area contributed by atoms with Gasteiger partial charge in [0.05, 0.1) is 12.1 Å². The lowest BCUT2D eigenvalue weighted by atomic mass is 9.91. The SMILES string of the molecule is O=C(N[C@H]1c2ccccc2OC[C@H]1O)[C@H](Cc1cccnc1)C[C@H](O)CN1CCN(CC2=CC3SC=CC3S2)C[C@H]1C(=O)NCC(F)(F)F. The van der Waals surface area contributed by atoms with Crippen LogP contribution in [0.1, 0.15) is 23.6 Å². The highest BCUT2D eigenvalue weighted by atomic mass is 32.2. The molecule has 1 aromatic heterocycles. The minimum absolute atomic E-state index is 0.00870. The Bertz CT molecular complexity index is 1530. The number of nitrogens with one attached hydrogen (secondary N) is 2. The van der Waals surface area contributed by atoms with Gasteiger partial charge in [0, 0.05) is 67.1 Å². The van der Waals surface area contributed by atoms with Crippen molar-refractivity contribution >= 4 is 35.3 Å². The molecule has 7 atom stereocenters. The van der Waals surface area contributed by atoms with Gasteiger partial charge in [-0.1, -0.05) is 36.4 Å². The molecule has 2 amide bonds. The maximum absolute atomic E-state index is 13.8. The van der Waals surface area contributed by atoms with Gasteiger partial charge in [-0.3, -0.25) is 24.4 Å². The van der Waals surface area contributed by atoms with Gasteiger partial charge in [-0.2, -0.15) is 13.2 Å². The number of aromatic nitrogens is 1. The summed E-state index contributed by atoms with van der Waals surface area (Å²) in [6.07, 6.45) is 1.29. The molecule has 5 heterocycles. The van der Waals surface area contributed by atoms with Crippen LogP contribution in [0.3, 0.4) is 0 Å². The predicted molar refractivity (Wildman–Crippen MR) is 182 cm³/mol. The molecule has 0 bridgehead atoms. The summed E-state index contributed by atoms with van der Waals surface area (Å²) in [6.45, 7) is 0.265. The van der Waals surface area contributed by atoms with Gasteiger partial charge < -0.3 is 25.6 Å². The number of pyridine rings is 1. The molecule has 49 heavy (non-hydrogen) atoms. The van der Waals surface area contributed by atoms with E-state index in [4.69, 9.17) is 4.74 Å². The van der Waals surface area contributed by atoms with Crippen LogP contribution in [0.4, 0.5) is 13.2 Å². The molecule has 10 nitrogen and oxygen atoms in total. The number of halogens is 3. The summed E-state index contributed by atoms with van der Waals surface area (Å²) in [6, 6.07) is 9.09. The van der Waals surface area contributed by atoms with Crippen molar-refractivity contribution in [3.8, 4) is 5.75 Å². The lowest BCUT2D eigenvalue weighted by molar-refractivity contribution is -0.143. The number of ether oxygens (including phenoxy) is 1. The topological polar surface area (TPSA) is 127 Å². The average Bonchev–Trinajstić information content (AvgIpc) is 3.67. The van der Waals surface area contributed by atoms with Crippen LogP contribution in [-0.2, 0) is 16.0 Å². The fourth-order valence-electron chi connectivity index (χ4n) is 6.69. The minimum Gasteiger partial charge on any atom is -0.490 e. The van der Waals surface area contributed by atoms with Crippen LogP contribution in [-0.4, -0.2) is 118 Å². The number of fused-ring (bicyclic) bond motifs is 2. The Hall–Kier alpha value is -3.08. The highest BCUT2D eigenvalue weighted by Crippen LogP contribution is 2.44. The summed E-state index contributed by atoms with van der Waals surface area (Å²) >= 11 is 3.53. The van der Waals surface area contributed by atoms with E-state index in [-0.39, 0.29) is 38.4 Å². The maximum atomic E-state index is 13.8. The fourth-order valence-corrected chi connectivity index (χ4v) is 9.37. The van der Waals surface area contributed by atoms with Crippen molar-refractivity contribution in [2.75, 3.05) is 45.9 Å². The van der Waals surface area contributed by atoms with Gasteiger partial charge in [0.25, 0.3) is 0 Å². The zero-order chi connectivity index (χ0) is 34.5. The van der Waals surface area contributed by atoms with Gasteiger partial charge in [0.1, 0.15) is 31.0 Å². The second-order valence-corrected chi connectivity index (χ2v) is 15.2. The molecule has 2 aromatic rings. The Morgan fingerprint density at radius 3 is 2.76 bits per heavy atom. The number of para-hydroxylation sites is 1. The quantitative estimate of drug-likeness (QED) is 0.260. The zero-order valence-electron chi connectivity index (χ0n) is 26.7. The second-order valence-electron chi connectivity index (χ2n) is 12.8. The first-order valence-corrected chi connectivity index (χ1v) is 18.1. The van der Waals surface area contributed by atoms with Crippen molar-refractivity contribution in [1.82, 2.24) is 25.4 Å². The van der Waals surface area contributed by atoms with Gasteiger partial charge in [-0.05, 0) is 40.9 Å². The lowest BCUT2D eigenvalue weighted by Gasteiger charge is -2.41. The number of aliphatic hydroxyl groups excluding tert-OH is 2. The van der Waals surface area contributed by atoms with Crippen LogP contribution < -0.4 is 15.4 Å². The molecule has 6 rings (SSSR count). The largest absolute Gasteiger partial charge is 0.490 e. The van der Waals surface area contributed by atoms with E-state index in [9.17, 15) is 33.0 Å². The molecule has 1 saturated heterocycles. The number of carbonyl (C=O) groups excluding carboxylic acids is 2. The summed E-state index contributed by atoms with van der Waals surface area (Å²) in [5.41, 5.74) is 1.42. The number of alkyl halides is 3. The van der Waals surface area contributed by atoms with Gasteiger partial charge in [-0.25, -0.2) is 0 Å². The fraction of sp³-hybridized carbons (Fsp3) is 0.500. The van der Waals surface area contributed by atoms with E-state index in [1.165, 1.54) is 4.91 Å². The maximum Gasteiger partial charge on any atom is 0.405 e. The predicted octanol–water partition coefficient (Wildman–Crippen LogP) is 2.90. The van der Waals surface area contributed by atoms with E-state index >= 15 is 0 Å². The van der Waals surface area contributed by atoms with Crippen molar-refractivity contribution in [3.63, 3.8) is 0 Å². The Morgan fingerprint density at radius 1 is 1.14 bits per heavy atom. The van der Waals surface area contributed by atoms with Gasteiger partial charge in [0.15, 0.2) is 0 Å². The molecule has 2 unspecified atom stereocenters. The van der Waals surface area contributed by atoms with Crippen molar-refractivity contribution in [2.45, 2.75) is 53.8 Å². The van der Waals surface area contributed by atoms with E-state index in [1.54, 1.807) is 71.1 Å². The average molecular weight is 720 g/mol. The van der Waals surface area contributed by atoms with Crippen molar-refractivity contribution < 1.29 is 37.7 Å². The highest BCUT2D eigenvalue weighted by Gasteiger charge is 2.39. The molecular weight excluding hydrogens is 680 g/mol. The monoisotopic (exact) mass is 719 g/mol. The first-order valence-electron chi connectivity index (χ1n) is 16.3. The first kappa shape index (κ1) is 35.7. The Kier molecular flexibility index (Phi) is 11.6. The summed E-state index contributed by atoms with van der Waals surface area (Å²) < 4.78 is 44.8. The summed E-state index contributed by atoms with van der Waals surface area (Å²) in [5, 5.41) is 30.0. The molecule has 4 aliphatic heterocycles. The van der Waals surface area contributed by atoms with E-state index in [0.29, 0.717) is 41.4 Å². The standard InChI is InChI=1S/C34H40F3N5O5S2/c35-34(36,37)20-39-33(46)26-18-41(17-24-14-30-29(49-24)7-11-48-30)9-10-42(26)16-23(43)13-22(12-21-4-3-8-38-15-21)32(45)40-31-25-5-1-2-6-28(25)47-19-27(31)44/h1-8,11,14-15,22-23,26-27,29-31,43-44H,9-10,12-13,16-20H2,(H,39,46)(H,40,45)/t22-,23+,26+,27-,29?,30?,31+/m1/s1. The molecule has 4 N–H and O–H groups in total. The van der Waals surface area contributed by atoms with E-state index < -0.39 is 48.8 Å². The molecule has 264 valence electrons. The number of thioether (sulfide) groups is 2. The molecular formula is C34H40F3N5O5S2. The number of hydrogen-bond acceptors (Lipinski definition) is 10. The second kappa shape index (κ2) is 15.9. The minimum atomic E-state index is -4.56. The number of rotatable bonds is 12. The van der Waals surface area contributed by atoms with Crippen LogP contribution in [0, 0.1) is 5.92 Å². The number of aliphatic hydroxyl groups is 2. The molecule has 0 saturated carbocycles. The molecule has 1 aromatic carbocycles. The van der Waals surface area contributed by atoms with Crippen molar-refractivity contribution in [1.29, 1.82) is 0 Å². The third-order valence-corrected chi connectivity index (χ3v) is 11.6. The van der Waals surface area contributed by atoms with Crippen molar-refractivity contribution in [3.05, 3.63) is 82.4 Å². The number of β-amino-alcohol motifs (C(OH)–C–C–N with tert-alkyl or cyclic N) is 1. The highest BCUT2D eigenvalue weighted by molar-refractivity contribution is 8.08. The number of hydrogen-bond donors (Lipinski definition) is 4. The number of benzene rings is 1. The lowest BCUT2D eigenvalue weighted by Crippen LogP contribution is -2.61. The van der Waals surface area contributed by atoms with E-state index in [2.05, 4.69) is 32.8 Å². The zero-order valence-corrected chi connectivity index (χ0v) is 28.3. The Morgan fingerprint density at radius 2 is 1.98 bits per heavy atom. The normalized spacial score (nSPS) is 26.6.